The monoisotopic (exact) mass is 302 g/mol. The number of methoxy groups -OCH3 is 2. The van der Waals surface area contributed by atoms with E-state index < -0.39 is 0 Å². The maximum atomic E-state index is 5.38. The number of nitrogens with zero attached hydrogens (tertiary/aromatic N) is 3. The van der Waals surface area contributed by atoms with E-state index in [-0.39, 0.29) is 0 Å². The van der Waals surface area contributed by atoms with Crippen LogP contribution in [0.1, 0.15) is 5.56 Å². The lowest BCUT2D eigenvalue weighted by molar-refractivity contribution is 0.400. The van der Waals surface area contributed by atoms with E-state index in [2.05, 4.69) is 19.9 Å². The zero-order valence-electron chi connectivity index (χ0n) is 11.7. The molecule has 6 nitrogen and oxygen atoms in total. The molecule has 3 aromatic rings. The van der Waals surface area contributed by atoms with Gasteiger partial charge < -0.3 is 14.5 Å². The fraction of sp³-hybridized carbons (Fsp3) is 0.214. The molecule has 0 unspecified atom stereocenters. The number of aromatic nitrogens is 4. The van der Waals surface area contributed by atoms with E-state index in [9.17, 15) is 0 Å². The third-order valence-corrected chi connectivity index (χ3v) is 4.08. The van der Waals surface area contributed by atoms with Crippen molar-refractivity contribution in [3.63, 3.8) is 0 Å². The van der Waals surface area contributed by atoms with Gasteiger partial charge in [0.25, 0.3) is 0 Å². The van der Waals surface area contributed by atoms with Crippen molar-refractivity contribution in [1.29, 1.82) is 0 Å². The zero-order valence-corrected chi connectivity index (χ0v) is 12.5. The summed E-state index contributed by atoms with van der Waals surface area (Å²) < 4.78 is 10.6. The molecular formula is C14H14N4O2S. The number of fused-ring (bicyclic) bond motifs is 1. The summed E-state index contributed by atoms with van der Waals surface area (Å²) in [4.78, 5) is 15.6. The summed E-state index contributed by atoms with van der Waals surface area (Å²) in [5, 5.41) is 0.863. The van der Waals surface area contributed by atoms with Crippen molar-refractivity contribution in [3.05, 3.63) is 36.4 Å². The normalized spacial score (nSPS) is 10.8. The number of thioether (sulfide) groups is 1. The number of rotatable bonds is 5. The van der Waals surface area contributed by atoms with Crippen molar-refractivity contribution >= 4 is 22.9 Å². The summed E-state index contributed by atoms with van der Waals surface area (Å²) in [6.07, 6.45) is 3.14. The van der Waals surface area contributed by atoms with Gasteiger partial charge in [-0.05, 0) is 18.2 Å². The highest BCUT2D eigenvalue weighted by molar-refractivity contribution is 7.98. The minimum atomic E-state index is 0.671. The largest absolute Gasteiger partial charge is 0.497 e. The topological polar surface area (TPSA) is 72.9 Å². The van der Waals surface area contributed by atoms with Gasteiger partial charge in [0, 0.05) is 11.3 Å². The van der Waals surface area contributed by atoms with Crippen molar-refractivity contribution < 1.29 is 9.47 Å². The van der Waals surface area contributed by atoms with Gasteiger partial charge in [-0.3, -0.25) is 0 Å². The Morgan fingerprint density at radius 2 is 2.05 bits per heavy atom. The number of ether oxygens (including phenoxy) is 2. The van der Waals surface area contributed by atoms with Crippen LogP contribution in [0.15, 0.2) is 35.9 Å². The molecule has 0 amide bonds. The maximum Gasteiger partial charge on any atom is 0.181 e. The molecule has 0 saturated carbocycles. The van der Waals surface area contributed by atoms with Gasteiger partial charge >= 0.3 is 0 Å². The number of H-pyrrole nitrogens is 1. The quantitative estimate of drug-likeness (QED) is 0.577. The highest BCUT2D eigenvalue weighted by Crippen LogP contribution is 2.31. The van der Waals surface area contributed by atoms with Gasteiger partial charge in [-0.15, -0.1) is 0 Å². The summed E-state index contributed by atoms with van der Waals surface area (Å²) >= 11 is 1.60. The molecule has 0 saturated heterocycles. The van der Waals surface area contributed by atoms with E-state index in [1.807, 2.05) is 18.2 Å². The summed E-state index contributed by atoms with van der Waals surface area (Å²) in [7, 11) is 3.31. The molecule has 0 aliphatic rings. The molecular weight excluding hydrogens is 288 g/mol. The fourth-order valence-electron chi connectivity index (χ4n) is 1.99. The first-order valence-corrected chi connectivity index (χ1v) is 7.28. The standard InChI is InChI=1S/C14H14N4O2S/c1-19-10-3-4-11(20-2)9(5-10)6-21-14-12-13(16-7-15-12)17-8-18-14/h3-5,7-8H,6H2,1-2H3,(H,15,16,17,18). The fourth-order valence-corrected chi connectivity index (χ4v) is 2.93. The predicted molar refractivity (Wildman–Crippen MR) is 80.8 cm³/mol. The van der Waals surface area contributed by atoms with Gasteiger partial charge in [0.15, 0.2) is 5.65 Å². The van der Waals surface area contributed by atoms with Crippen LogP contribution in [0.3, 0.4) is 0 Å². The first-order valence-electron chi connectivity index (χ1n) is 6.29. The molecule has 0 fully saturated rings. The van der Waals surface area contributed by atoms with Crippen molar-refractivity contribution in [1.82, 2.24) is 19.9 Å². The van der Waals surface area contributed by atoms with Gasteiger partial charge in [0.2, 0.25) is 0 Å². The first-order chi connectivity index (χ1) is 10.3. The summed E-state index contributed by atoms with van der Waals surface area (Å²) in [6, 6.07) is 5.75. The molecule has 3 rings (SSSR count). The Bertz CT molecular complexity index is 760. The highest BCUT2D eigenvalue weighted by Gasteiger charge is 2.10. The molecule has 0 radical (unpaired) electrons. The Hall–Kier alpha value is -2.28. The lowest BCUT2D eigenvalue weighted by Gasteiger charge is -2.10. The Balaban J connectivity index is 1.86. The van der Waals surface area contributed by atoms with E-state index in [0.717, 1.165) is 27.6 Å². The van der Waals surface area contributed by atoms with Gasteiger partial charge in [0.1, 0.15) is 28.4 Å². The number of aromatic amines is 1. The Morgan fingerprint density at radius 1 is 1.14 bits per heavy atom. The Morgan fingerprint density at radius 3 is 2.86 bits per heavy atom. The average molecular weight is 302 g/mol. The molecule has 0 spiro atoms. The third kappa shape index (κ3) is 2.78. The van der Waals surface area contributed by atoms with Crippen LogP contribution in [-0.2, 0) is 5.75 Å². The average Bonchev–Trinajstić information content (AvgIpc) is 3.01. The molecule has 0 aliphatic carbocycles. The first kappa shape index (κ1) is 13.7. The third-order valence-electron chi connectivity index (χ3n) is 3.04. The van der Waals surface area contributed by atoms with Crippen molar-refractivity contribution in [2.45, 2.75) is 10.8 Å². The van der Waals surface area contributed by atoms with Crippen LogP contribution in [0.2, 0.25) is 0 Å². The molecule has 1 aromatic carbocycles. The van der Waals surface area contributed by atoms with Gasteiger partial charge in [-0.25, -0.2) is 15.0 Å². The number of benzene rings is 1. The van der Waals surface area contributed by atoms with Gasteiger partial charge in [-0.1, -0.05) is 11.8 Å². The SMILES string of the molecule is COc1ccc(OC)c(CSc2ncnc3nc[nH]c23)c1. The van der Waals surface area contributed by atoms with Crippen LogP contribution in [-0.4, -0.2) is 34.2 Å². The molecule has 108 valence electrons. The zero-order chi connectivity index (χ0) is 14.7. The highest BCUT2D eigenvalue weighted by atomic mass is 32.2. The molecule has 1 N–H and O–H groups in total. The summed E-state index contributed by atoms with van der Waals surface area (Å²) in [5.41, 5.74) is 2.57. The molecule has 0 bridgehead atoms. The van der Waals surface area contributed by atoms with Crippen LogP contribution in [0, 0.1) is 0 Å². The minimum absolute atomic E-state index is 0.671. The Kier molecular flexibility index (Phi) is 3.92. The van der Waals surface area contributed by atoms with Crippen LogP contribution < -0.4 is 9.47 Å². The second kappa shape index (κ2) is 6.01. The molecule has 2 heterocycles. The van der Waals surface area contributed by atoms with Crippen LogP contribution >= 0.6 is 11.8 Å². The van der Waals surface area contributed by atoms with E-state index in [1.165, 1.54) is 6.33 Å². The van der Waals surface area contributed by atoms with E-state index >= 15 is 0 Å². The van der Waals surface area contributed by atoms with Crippen LogP contribution in [0.4, 0.5) is 0 Å². The lowest BCUT2D eigenvalue weighted by Crippen LogP contribution is -1.93. The summed E-state index contributed by atoms with van der Waals surface area (Å²) in [6.45, 7) is 0. The summed E-state index contributed by atoms with van der Waals surface area (Å²) in [5.74, 6) is 2.35. The van der Waals surface area contributed by atoms with E-state index in [1.54, 1.807) is 32.3 Å². The van der Waals surface area contributed by atoms with Gasteiger partial charge in [-0.2, -0.15) is 0 Å². The number of imidazole rings is 1. The van der Waals surface area contributed by atoms with Gasteiger partial charge in [0.05, 0.1) is 20.5 Å². The molecule has 0 aliphatic heterocycles. The minimum Gasteiger partial charge on any atom is -0.497 e. The Labute approximate surface area is 125 Å². The van der Waals surface area contributed by atoms with Crippen molar-refractivity contribution in [3.8, 4) is 11.5 Å². The predicted octanol–water partition coefficient (Wildman–Crippen LogP) is 2.66. The van der Waals surface area contributed by atoms with E-state index in [0.29, 0.717) is 11.4 Å². The molecule has 21 heavy (non-hydrogen) atoms. The lowest BCUT2D eigenvalue weighted by atomic mass is 10.2. The molecule has 2 aromatic heterocycles. The van der Waals surface area contributed by atoms with Crippen molar-refractivity contribution in [2.24, 2.45) is 0 Å². The molecule has 7 heteroatoms. The second-order valence-electron chi connectivity index (χ2n) is 4.25. The molecule has 0 atom stereocenters. The maximum absolute atomic E-state index is 5.38. The smallest absolute Gasteiger partial charge is 0.181 e. The van der Waals surface area contributed by atoms with Crippen LogP contribution in [0.25, 0.3) is 11.2 Å². The number of nitrogens with one attached hydrogen (secondary N) is 1. The number of hydrogen-bond donors (Lipinski definition) is 1. The second-order valence-corrected chi connectivity index (χ2v) is 5.21. The van der Waals surface area contributed by atoms with Crippen LogP contribution in [0.5, 0.6) is 11.5 Å². The van der Waals surface area contributed by atoms with E-state index in [4.69, 9.17) is 9.47 Å². The van der Waals surface area contributed by atoms with Crippen molar-refractivity contribution in [2.75, 3.05) is 14.2 Å². The number of hydrogen-bond acceptors (Lipinski definition) is 6.